The standard InChI is InChI=1S/C17H19FN6/c1-11-7-15-14(19-8-11)10-21-24(15)17-20-9-13(18)16(23-17)22-12-5-3-2-4-6-12/h7-10,12H,2-6H2,1H3,(H,20,22,23). The Bertz CT molecular complexity index is 869. The molecule has 24 heavy (non-hydrogen) atoms. The van der Waals surface area contributed by atoms with Crippen LogP contribution in [-0.4, -0.2) is 30.8 Å². The van der Waals surface area contributed by atoms with E-state index in [-0.39, 0.29) is 11.9 Å². The summed E-state index contributed by atoms with van der Waals surface area (Å²) in [5.41, 5.74) is 2.59. The van der Waals surface area contributed by atoms with Crippen LogP contribution in [0.5, 0.6) is 0 Å². The van der Waals surface area contributed by atoms with Gasteiger partial charge in [-0.25, -0.2) is 9.37 Å². The van der Waals surface area contributed by atoms with Gasteiger partial charge in [0.1, 0.15) is 5.52 Å². The van der Waals surface area contributed by atoms with E-state index in [4.69, 9.17) is 0 Å². The van der Waals surface area contributed by atoms with Crippen LogP contribution in [-0.2, 0) is 0 Å². The molecular formula is C17H19FN6. The van der Waals surface area contributed by atoms with E-state index < -0.39 is 5.82 Å². The van der Waals surface area contributed by atoms with Crippen LogP contribution in [0.1, 0.15) is 37.7 Å². The van der Waals surface area contributed by atoms with E-state index in [0.29, 0.717) is 5.95 Å². The fraction of sp³-hybridized carbons (Fsp3) is 0.412. The molecule has 7 heteroatoms. The van der Waals surface area contributed by atoms with Crippen molar-refractivity contribution in [1.29, 1.82) is 0 Å². The summed E-state index contributed by atoms with van der Waals surface area (Å²) in [7, 11) is 0. The summed E-state index contributed by atoms with van der Waals surface area (Å²) >= 11 is 0. The Balaban J connectivity index is 1.70. The molecule has 1 aliphatic carbocycles. The van der Waals surface area contributed by atoms with Gasteiger partial charge in [-0.1, -0.05) is 19.3 Å². The summed E-state index contributed by atoms with van der Waals surface area (Å²) in [6.07, 6.45) is 10.3. The fourth-order valence-corrected chi connectivity index (χ4v) is 3.17. The predicted octanol–water partition coefficient (Wildman–Crippen LogP) is 3.40. The molecule has 0 unspecified atom stereocenters. The number of pyridine rings is 1. The molecule has 0 amide bonds. The molecule has 1 saturated carbocycles. The minimum Gasteiger partial charge on any atom is -0.365 e. The molecule has 6 nitrogen and oxygen atoms in total. The van der Waals surface area contributed by atoms with Gasteiger partial charge in [0.05, 0.1) is 17.9 Å². The topological polar surface area (TPSA) is 68.5 Å². The van der Waals surface area contributed by atoms with E-state index in [0.717, 1.165) is 29.4 Å². The molecule has 3 aromatic rings. The first-order valence-electron chi connectivity index (χ1n) is 8.30. The lowest BCUT2D eigenvalue weighted by atomic mass is 9.95. The normalized spacial score (nSPS) is 15.8. The molecule has 3 heterocycles. The van der Waals surface area contributed by atoms with Crippen molar-refractivity contribution in [2.24, 2.45) is 0 Å². The summed E-state index contributed by atoms with van der Waals surface area (Å²) in [6.45, 7) is 1.96. The highest BCUT2D eigenvalue weighted by Crippen LogP contribution is 2.23. The van der Waals surface area contributed by atoms with E-state index in [1.807, 2.05) is 13.0 Å². The predicted molar refractivity (Wildman–Crippen MR) is 89.6 cm³/mol. The second-order valence-electron chi connectivity index (χ2n) is 6.32. The Morgan fingerprint density at radius 3 is 2.79 bits per heavy atom. The van der Waals surface area contributed by atoms with Crippen molar-refractivity contribution in [2.75, 3.05) is 5.32 Å². The Kier molecular flexibility index (Phi) is 3.84. The summed E-state index contributed by atoms with van der Waals surface area (Å²) in [6, 6.07) is 2.24. The van der Waals surface area contributed by atoms with Gasteiger partial charge in [0.15, 0.2) is 11.6 Å². The van der Waals surface area contributed by atoms with Crippen LogP contribution in [0.4, 0.5) is 10.2 Å². The van der Waals surface area contributed by atoms with Gasteiger partial charge in [0, 0.05) is 12.2 Å². The number of halogens is 1. The molecule has 0 aromatic carbocycles. The van der Waals surface area contributed by atoms with E-state index in [1.54, 1.807) is 17.1 Å². The third kappa shape index (κ3) is 2.81. The van der Waals surface area contributed by atoms with Gasteiger partial charge in [-0.15, -0.1) is 0 Å². The molecular weight excluding hydrogens is 307 g/mol. The van der Waals surface area contributed by atoms with Crippen LogP contribution in [0, 0.1) is 12.7 Å². The molecule has 0 spiro atoms. The molecule has 4 rings (SSSR count). The zero-order chi connectivity index (χ0) is 16.5. The minimum absolute atomic E-state index is 0.246. The number of nitrogens with one attached hydrogen (secondary N) is 1. The van der Waals surface area contributed by atoms with Crippen LogP contribution in [0.15, 0.2) is 24.7 Å². The van der Waals surface area contributed by atoms with Crippen LogP contribution in [0.3, 0.4) is 0 Å². The van der Waals surface area contributed by atoms with E-state index in [9.17, 15) is 4.39 Å². The third-order valence-corrected chi connectivity index (χ3v) is 4.42. The van der Waals surface area contributed by atoms with E-state index >= 15 is 0 Å². The molecule has 1 N–H and O–H groups in total. The first-order chi connectivity index (χ1) is 11.7. The quantitative estimate of drug-likeness (QED) is 0.799. The maximum absolute atomic E-state index is 14.1. The van der Waals surface area contributed by atoms with Crippen molar-refractivity contribution in [2.45, 2.75) is 45.1 Å². The van der Waals surface area contributed by atoms with Crippen molar-refractivity contribution in [3.63, 3.8) is 0 Å². The summed E-state index contributed by atoms with van der Waals surface area (Å²) in [4.78, 5) is 12.8. The molecule has 3 aromatic heterocycles. The number of aryl methyl sites for hydroxylation is 1. The van der Waals surface area contributed by atoms with Gasteiger partial charge in [-0.05, 0) is 31.4 Å². The van der Waals surface area contributed by atoms with Gasteiger partial charge in [-0.3, -0.25) is 4.98 Å². The Morgan fingerprint density at radius 2 is 1.96 bits per heavy atom. The molecule has 0 atom stereocenters. The van der Waals surface area contributed by atoms with Crippen molar-refractivity contribution < 1.29 is 4.39 Å². The number of anilines is 1. The Morgan fingerprint density at radius 1 is 1.12 bits per heavy atom. The molecule has 0 bridgehead atoms. The monoisotopic (exact) mass is 326 g/mol. The highest BCUT2D eigenvalue weighted by molar-refractivity contribution is 5.75. The van der Waals surface area contributed by atoms with Crippen LogP contribution in [0.25, 0.3) is 17.0 Å². The molecule has 1 fully saturated rings. The Hall–Kier alpha value is -2.57. The van der Waals surface area contributed by atoms with Crippen LogP contribution >= 0.6 is 0 Å². The highest BCUT2D eigenvalue weighted by atomic mass is 19.1. The average molecular weight is 326 g/mol. The van der Waals surface area contributed by atoms with Crippen LogP contribution < -0.4 is 5.32 Å². The number of nitrogens with zero attached hydrogens (tertiary/aromatic N) is 5. The minimum atomic E-state index is -0.435. The van der Waals surface area contributed by atoms with Gasteiger partial charge in [0.2, 0.25) is 0 Å². The Labute approximate surface area is 139 Å². The second-order valence-corrected chi connectivity index (χ2v) is 6.32. The first kappa shape index (κ1) is 15.0. The SMILES string of the molecule is Cc1cnc2cnn(-c3ncc(F)c(NC4CCCCC4)n3)c2c1. The number of hydrogen-bond acceptors (Lipinski definition) is 5. The van der Waals surface area contributed by atoms with Crippen molar-refractivity contribution in [3.8, 4) is 5.95 Å². The molecule has 124 valence electrons. The third-order valence-electron chi connectivity index (χ3n) is 4.42. The second kappa shape index (κ2) is 6.14. The molecule has 0 saturated heterocycles. The lowest BCUT2D eigenvalue weighted by Gasteiger charge is -2.23. The lowest BCUT2D eigenvalue weighted by molar-refractivity contribution is 0.459. The lowest BCUT2D eigenvalue weighted by Crippen LogP contribution is -2.24. The summed E-state index contributed by atoms with van der Waals surface area (Å²) in [5, 5.41) is 7.53. The van der Waals surface area contributed by atoms with Gasteiger partial charge >= 0.3 is 0 Å². The van der Waals surface area contributed by atoms with Crippen LogP contribution in [0.2, 0.25) is 0 Å². The van der Waals surface area contributed by atoms with Gasteiger partial charge in [-0.2, -0.15) is 14.8 Å². The molecule has 0 radical (unpaired) electrons. The van der Waals surface area contributed by atoms with Gasteiger partial charge < -0.3 is 5.32 Å². The summed E-state index contributed by atoms with van der Waals surface area (Å²) < 4.78 is 15.7. The highest BCUT2D eigenvalue weighted by Gasteiger charge is 2.17. The zero-order valence-corrected chi connectivity index (χ0v) is 13.5. The summed E-state index contributed by atoms with van der Waals surface area (Å²) in [5.74, 6) is 0.156. The fourth-order valence-electron chi connectivity index (χ4n) is 3.17. The van der Waals surface area contributed by atoms with E-state index in [2.05, 4.69) is 25.4 Å². The maximum Gasteiger partial charge on any atom is 0.253 e. The van der Waals surface area contributed by atoms with E-state index in [1.165, 1.54) is 25.5 Å². The van der Waals surface area contributed by atoms with Crippen molar-refractivity contribution in [1.82, 2.24) is 24.7 Å². The number of aromatic nitrogens is 5. The number of rotatable bonds is 3. The largest absolute Gasteiger partial charge is 0.365 e. The maximum atomic E-state index is 14.1. The number of fused-ring (bicyclic) bond motifs is 1. The van der Waals surface area contributed by atoms with Crippen molar-refractivity contribution in [3.05, 3.63) is 36.0 Å². The smallest absolute Gasteiger partial charge is 0.253 e. The average Bonchev–Trinajstić information content (AvgIpc) is 3.01. The van der Waals surface area contributed by atoms with Crippen molar-refractivity contribution >= 4 is 16.9 Å². The first-order valence-corrected chi connectivity index (χ1v) is 8.30. The zero-order valence-electron chi connectivity index (χ0n) is 13.5. The number of hydrogen-bond donors (Lipinski definition) is 1. The van der Waals surface area contributed by atoms with Gasteiger partial charge in [0.25, 0.3) is 5.95 Å². The molecule has 0 aliphatic heterocycles. The molecule has 1 aliphatic rings.